The highest BCUT2D eigenvalue weighted by molar-refractivity contribution is 9.10. The molecule has 0 aliphatic carbocycles. The molecule has 2 aromatic heterocycles. The number of rotatable bonds is 5. The predicted octanol–water partition coefficient (Wildman–Crippen LogP) is 1.63. The lowest BCUT2D eigenvalue weighted by Crippen LogP contribution is -2.39. The van der Waals surface area contributed by atoms with E-state index in [9.17, 15) is 4.79 Å². The summed E-state index contributed by atoms with van der Waals surface area (Å²) < 4.78 is 2.34. The van der Waals surface area contributed by atoms with Crippen molar-refractivity contribution in [2.45, 2.75) is 26.3 Å². The van der Waals surface area contributed by atoms with Crippen molar-refractivity contribution in [1.29, 1.82) is 0 Å². The average molecular weight is 341 g/mol. The molecule has 6 nitrogen and oxygen atoms in total. The summed E-state index contributed by atoms with van der Waals surface area (Å²) in [5.74, 6) is 0.0250. The van der Waals surface area contributed by atoms with E-state index in [0.717, 1.165) is 4.47 Å². The molecule has 0 aromatic carbocycles. The summed E-state index contributed by atoms with van der Waals surface area (Å²) in [6, 6.07) is -0.0714. The van der Waals surface area contributed by atoms with E-state index in [1.165, 1.54) is 6.20 Å². The summed E-state index contributed by atoms with van der Waals surface area (Å²) in [5, 5.41) is 16.1. The molecule has 0 radical (unpaired) electrons. The largest absolute Gasteiger partial charge is 0.396 e. The fourth-order valence-corrected chi connectivity index (χ4v) is 2.27. The standard InChI is InChI=1S/C13H17BrN4O2/c1-8(2)11(3-4-19)17-13(20)10-6-16-18-7-9(14)5-15-12(10)18/h5-8,11,19H,3-4H2,1-2H3,(H,17,20). The Bertz CT molecular complexity index is 611. The number of aromatic nitrogens is 3. The van der Waals surface area contributed by atoms with Crippen LogP contribution in [0.5, 0.6) is 0 Å². The van der Waals surface area contributed by atoms with Crippen LogP contribution in [0.25, 0.3) is 5.65 Å². The van der Waals surface area contributed by atoms with E-state index in [1.807, 2.05) is 13.8 Å². The molecular weight excluding hydrogens is 324 g/mol. The quantitative estimate of drug-likeness (QED) is 0.866. The highest BCUT2D eigenvalue weighted by Gasteiger charge is 2.20. The first-order valence-electron chi connectivity index (χ1n) is 6.43. The molecule has 20 heavy (non-hydrogen) atoms. The van der Waals surface area contributed by atoms with E-state index in [0.29, 0.717) is 17.6 Å². The molecule has 0 spiro atoms. The molecule has 0 fully saturated rings. The van der Waals surface area contributed by atoms with Gasteiger partial charge >= 0.3 is 0 Å². The van der Waals surface area contributed by atoms with Gasteiger partial charge in [0.1, 0.15) is 5.56 Å². The van der Waals surface area contributed by atoms with Gasteiger partial charge in [0.15, 0.2) is 5.65 Å². The smallest absolute Gasteiger partial charge is 0.256 e. The number of nitrogens with zero attached hydrogens (tertiary/aromatic N) is 3. The molecule has 0 saturated carbocycles. The van der Waals surface area contributed by atoms with Crippen LogP contribution < -0.4 is 5.32 Å². The number of halogens is 1. The fraction of sp³-hybridized carbons (Fsp3) is 0.462. The van der Waals surface area contributed by atoms with E-state index in [-0.39, 0.29) is 24.5 Å². The Hall–Kier alpha value is -1.47. The topological polar surface area (TPSA) is 79.5 Å². The van der Waals surface area contributed by atoms with Crippen molar-refractivity contribution in [2.24, 2.45) is 5.92 Å². The van der Waals surface area contributed by atoms with Crippen LogP contribution in [0, 0.1) is 5.92 Å². The molecule has 0 aliphatic rings. The van der Waals surface area contributed by atoms with Gasteiger partial charge in [-0.05, 0) is 28.3 Å². The van der Waals surface area contributed by atoms with Gasteiger partial charge in [-0.1, -0.05) is 13.8 Å². The number of fused-ring (bicyclic) bond motifs is 1. The number of aliphatic hydroxyl groups is 1. The zero-order valence-electron chi connectivity index (χ0n) is 11.4. The number of carbonyl (C=O) groups excluding carboxylic acids is 1. The van der Waals surface area contributed by atoms with E-state index in [4.69, 9.17) is 5.11 Å². The maximum Gasteiger partial charge on any atom is 0.256 e. The van der Waals surface area contributed by atoms with Crippen LogP contribution in [0.15, 0.2) is 23.1 Å². The average Bonchev–Trinajstić information content (AvgIpc) is 2.80. The molecule has 2 rings (SSSR count). The molecule has 0 aliphatic heterocycles. The van der Waals surface area contributed by atoms with Crippen LogP contribution in [0.2, 0.25) is 0 Å². The number of hydrogen-bond acceptors (Lipinski definition) is 4. The lowest BCUT2D eigenvalue weighted by Gasteiger charge is -2.21. The Morgan fingerprint density at radius 2 is 2.25 bits per heavy atom. The van der Waals surface area contributed by atoms with Crippen LogP contribution in [0.1, 0.15) is 30.6 Å². The summed E-state index contributed by atoms with van der Waals surface area (Å²) in [6.07, 6.45) is 5.40. The van der Waals surface area contributed by atoms with E-state index < -0.39 is 0 Å². The summed E-state index contributed by atoms with van der Waals surface area (Å²) in [6.45, 7) is 4.06. The van der Waals surface area contributed by atoms with Crippen LogP contribution in [0.4, 0.5) is 0 Å². The van der Waals surface area contributed by atoms with E-state index in [2.05, 4.69) is 31.3 Å². The van der Waals surface area contributed by atoms with Gasteiger partial charge in [0.25, 0.3) is 5.91 Å². The van der Waals surface area contributed by atoms with Crippen molar-refractivity contribution >= 4 is 27.5 Å². The second-order valence-electron chi connectivity index (χ2n) is 4.93. The Morgan fingerprint density at radius 1 is 1.50 bits per heavy atom. The van der Waals surface area contributed by atoms with Crippen LogP contribution >= 0.6 is 15.9 Å². The Kier molecular flexibility index (Phi) is 4.72. The predicted molar refractivity (Wildman–Crippen MR) is 78.5 cm³/mol. The third-order valence-electron chi connectivity index (χ3n) is 3.13. The minimum absolute atomic E-state index is 0.0447. The molecular formula is C13H17BrN4O2. The summed E-state index contributed by atoms with van der Waals surface area (Å²) in [5.41, 5.74) is 0.943. The minimum atomic E-state index is -0.220. The lowest BCUT2D eigenvalue weighted by atomic mass is 10.0. The zero-order valence-corrected chi connectivity index (χ0v) is 13.0. The van der Waals surface area contributed by atoms with Gasteiger partial charge in [-0.25, -0.2) is 9.50 Å². The molecule has 1 amide bonds. The third-order valence-corrected chi connectivity index (χ3v) is 3.54. The molecule has 108 valence electrons. The number of hydrogen-bond donors (Lipinski definition) is 2. The van der Waals surface area contributed by atoms with Gasteiger partial charge in [0.05, 0.1) is 10.7 Å². The monoisotopic (exact) mass is 340 g/mol. The third kappa shape index (κ3) is 3.16. The van der Waals surface area contributed by atoms with E-state index in [1.54, 1.807) is 16.9 Å². The van der Waals surface area contributed by atoms with Gasteiger partial charge < -0.3 is 10.4 Å². The lowest BCUT2D eigenvalue weighted by molar-refractivity contribution is 0.0918. The zero-order chi connectivity index (χ0) is 14.7. The van der Waals surface area contributed by atoms with Crippen molar-refractivity contribution in [3.8, 4) is 0 Å². The van der Waals surface area contributed by atoms with Crippen molar-refractivity contribution in [1.82, 2.24) is 19.9 Å². The number of amides is 1. The fourth-order valence-electron chi connectivity index (χ4n) is 1.97. The van der Waals surface area contributed by atoms with Gasteiger partial charge in [-0.2, -0.15) is 5.10 Å². The molecule has 7 heteroatoms. The normalized spacial score (nSPS) is 12.8. The Labute approximate surface area is 125 Å². The highest BCUT2D eigenvalue weighted by atomic mass is 79.9. The molecule has 2 aromatic rings. The maximum atomic E-state index is 12.3. The molecule has 2 N–H and O–H groups in total. The first-order chi connectivity index (χ1) is 9.52. The van der Waals surface area contributed by atoms with Crippen molar-refractivity contribution in [3.05, 3.63) is 28.6 Å². The maximum absolute atomic E-state index is 12.3. The summed E-state index contributed by atoms with van der Waals surface area (Å²) in [7, 11) is 0. The molecule has 1 unspecified atom stereocenters. The highest BCUT2D eigenvalue weighted by Crippen LogP contribution is 2.13. The minimum Gasteiger partial charge on any atom is -0.396 e. The number of aliphatic hydroxyl groups excluding tert-OH is 1. The SMILES string of the molecule is CC(C)C(CCO)NC(=O)c1cnn2cc(Br)cnc12. The van der Waals surface area contributed by atoms with Gasteiger partial charge in [0.2, 0.25) is 0 Å². The Morgan fingerprint density at radius 3 is 2.90 bits per heavy atom. The van der Waals surface area contributed by atoms with Crippen LogP contribution in [0.3, 0.4) is 0 Å². The second-order valence-corrected chi connectivity index (χ2v) is 5.85. The van der Waals surface area contributed by atoms with Gasteiger partial charge in [-0.3, -0.25) is 4.79 Å². The molecule has 0 bridgehead atoms. The first kappa shape index (κ1) is 14.9. The molecule has 1 atom stereocenters. The summed E-state index contributed by atoms with van der Waals surface area (Å²) >= 11 is 3.31. The second kappa shape index (κ2) is 6.32. The van der Waals surface area contributed by atoms with Crippen molar-refractivity contribution < 1.29 is 9.90 Å². The number of nitrogens with one attached hydrogen (secondary N) is 1. The van der Waals surface area contributed by atoms with Crippen molar-refractivity contribution in [2.75, 3.05) is 6.61 Å². The van der Waals surface area contributed by atoms with Crippen molar-refractivity contribution in [3.63, 3.8) is 0 Å². The molecule has 0 saturated heterocycles. The van der Waals surface area contributed by atoms with Gasteiger partial charge in [-0.15, -0.1) is 0 Å². The van der Waals surface area contributed by atoms with Crippen LogP contribution in [-0.4, -0.2) is 38.3 Å². The summed E-state index contributed by atoms with van der Waals surface area (Å²) in [4.78, 5) is 16.5. The molecule has 2 heterocycles. The van der Waals surface area contributed by atoms with E-state index >= 15 is 0 Å². The first-order valence-corrected chi connectivity index (χ1v) is 7.23. The van der Waals surface area contributed by atoms with Crippen LogP contribution in [-0.2, 0) is 0 Å². The Balaban J connectivity index is 2.23. The number of carbonyl (C=O) groups is 1. The van der Waals surface area contributed by atoms with Gasteiger partial charge in [0, 0.05) is 25.0 Å².